The maximum Gasteiger partial charge on any atom is 0.235 e. The second kappa shape index (κ2) is 6.96. The first-order valence-corrected chi connectivity index (χ1v) is 9.13. The number of nitrogens with zero attached hydrogens (tertiary/aromatic N) is 3. The molecule has 0 saturated heterocycles. The summed E-state index contributed by atoms with van der Waals surface area (Å²) in [5.74, 6) is -2.22. The number of nitrogens with one attached hydrogen (secondary N) is 1. The van der Waals surface area contributed by atoms with E-state index in [0.29, 0.717) is 10.8 Å². The third kappa shape index (κ3) is 3.23. The van der Waals surface area contributed by atoms with E-state index in [0.717, 1.165) is 40.4 Å². The molecule has 0 atom stereocenters. The molecule has 0 saturated carbocycles. The van der Waals surface area contributed by atoms with Crippen molar-refractivity contribution < 1.29 is 13.6 Å². The molecule has 0 bridgehead atoms. The number of hydrogen-bond donors (Lipinski definition) is 1. The number of amides is 1. The van der Waals surface area contributed by atoms with Crippen LogP contribution in [0.3, 0.4) is 0 Å². The first-order chi connectivity index (χ1) is 13.0. The van der Waals surface area contributed by atoms with Crippen LogP contribution in [0, 0.1) is 18.6 Å². The zero-order valence-electron chi connectivity index (χ0n) is 14.2. The number of fused-ring (bicyclic) bond motifs is 3. The summed E-state index contributed by atoms with van der Waals surface area (Å²) in [6, 6.07) is 13.2. The third-order valence-electron chi connectivity index (χ3n) is 4.13. The van der Waals surface area contributed by atoms with Crippen molar-refractivity contribution in [2.24, 2.45) is 0 Å². The molecule has 27 heavy (non-hydrogen) atoms. The molecule has 2 aromatic carbocycles. The van der Waals surface area contributed by atoms with Gasteiger partial charge in [0, 0.05) is 5.39 Å². The van der Waals surface area contributed by atoms with Crippen LogP contribution < -0.4 is 5.32 Å². The summed E-state index contributed by atoms with van der Waals surface area (Å²) in [6.07, 6.45) is 0. The van der Waals surface area contributed by atoms with E-state index in [-0.39, 0.29) is 5.75 Å². The molecule has 5 nitrogen and oxygen atoms in total. The van der Waals surface area contributed by atoms with Gasteiger partial charge in [0.1, 0.15) is 17.3 Å². The molecular formula is C19H14F2N4OS. The van der Waals surface area contributed by atoms with Crippen LogP contribution in [0.5, 0.6) is 0 Å². The third-order valence-corrected chi connectivity index (χ3v) is 5.06. The number of aromatic nitrogens is 3. The Kier molecular flexibility index (Phi) is 4.49. The lowest BCUT2D eigenvalue weighted by Gasteiger charge is -2.08. The molecule has 8 heteroatoms. The first-order valence-electron chi connectivity index (χ1n) is 8.15. The Balaban J connectivity index is 1.59. The van der Waals surface area contributed by atoms with Gasteiger partial charge in [0.2, 0.25) is 5.91 Å². The lowest BCUT2D eigenvalue weighted by Crippen LogP contribution is -2.16. The average Bonchev–Trinajstić information content (AvgIpc) is 3.06. The van der Waals surface area contributed by atoms with Gasteiger partial charge in [-0.05, 0) is 36.8 Å². The fraction of sp³-hybridized carbons (Fsp3) is 0.105. The minimum atomic E-state index is -0.817. The second-order valence-corrected chi connectivity index (χ2v) is 6.90. The molecule has 0 fully saturated rings. The van der Waals surface area contributed by atoms with Crippen molar-refractivity contribution in [3.05, 3.63) is 65.7 Å². The molecule has 4 rings (SSSR count). The number of anilines is 1. The Bertz CT molecular complexity index is 1160. The summed E-state index contributed by atoms with van der Waals surface area (Å²) < 4.78 is 29.2. The molecule has 1 N–H and O–H groups in total. The lowest BCUT2D eigenvalue weighted by atomic mass is 10.1. The van der Waals surface area contributed by atoms with E-state index < -0.39 is 23.2 Å². The number of carbonyl (C=O) groups is 1. The van der Waals surface area contributed by atoms with Gasteiger partial charge in [0.25, 0.3) is 0 Å². The Morgan fingerprint density at radius 1 is 1.11 bits per heavy atom. The van der Waals surface area contributed by atoms with Crippen molar-refractivity contribution in [2.75, 3.05) is 11.1 Å². The summed E-state index contributed by atoms with van der Waals surface area (Å²) in [4.78, 5) is 12.1. The standard InChI is InChI=1S/C19H14F2N4OS/c1-11-9-16-23-24-19(25(16)15-8-3-2-5-12(11)15)27-10-17(26)22-18-13(20)6-4-7-14(18)21/h2-9H,10H2,1H3,(H,22,26). The quantitative estimate of drug-likeness (QED) is 0.536. The Morgan fingerprint density at radius 2 is 1.85 bits per heavy atom. The van der Waals surface area contributed by atoms with E-state index in [1.165, 1.54) is 6.07 Å². The largest absolute Gasteiger partial charge is 0.320 e. The van der Waals surface area contributed by atoms with Crippen molar-refractivity contribution >= 4 is 39.9 Å². The fourth-order valence-electron chi connectivity index (χ4n) is 2.89. The van der Waals surface area contributed by atoms with Crippen LogP contribution in [0.15, 0.2) is 53.7 Å². The lowest BCUT2D eigenvalue weighted by molar-refractivity contribution is -0.113. The number of aryl methyl sites for hydroxylation is 1. The van der Waals surface area contributed by atoms with Crippen molar-refractivity contribution in [1.82, 2.24) is 14.6 Å². The highest BCUT2D eigenvalue weighted by molar-refractivity contribution is 7.99. The van der Waals surface area contributed by atoms with Crippen molar-refractivity contribution in [3.8, 4) is 0 Å². The monoisotopic (exact) mass is 384 g/mol. The van der Waals surface area contributed by atoms with Crippen LogP contribution >= 0.6 is 11.8 Å². The maximum absolute atomic E-state index is 13.7. The van der Waals surface area contributed by atoms with Crippen molar-refractivity contribution in [1.29, 1.82) is 0 Å². The number of pyridine rings is 1. The molecule has 0 radical (unpaired) electrons. The highest BCUT2D eigenvalue weighted by Crippen LogP contribution is 2.26. The normalized spacial score (nSPS) is 11.2. The molecule has 0 aliphatic carbocycles. The van der Waals surface area contributed by atoms with Gasteiger partial charge >= 0.3 is 0 Å². The number of halogens is 2. The Morgan fingerprint density at radius 3 is 2.63 bits per heavy atom. The molecule has 0 aliphatic rings. The van der Waals surface area contributed by atoms with E-state index in [1.807, 2.05) is 41.7 Å². The highest BCUT2D eigenvalue weighted by Gasteiger charge is 2.15. The SMILES string of the molecule is Cc1cc2nnc(SCC(=O)Nc3c(F)cccc3F)n2c2ccccc12. The molecule has 4 aromatic rings. The summed E-state index contributed by atoms with van der Waals surface area (Å²) in [7, 11) is 0. The Labute approximate surface area is 157 Å². The van der Waals surface area contributed by atoms with Crippen LogP contribution in [0.4, 0.5) is 14.5 Å². The number of carbonyl (C=O) groups excluding carboxylic acids is 1. The van der Waals surface area contributed by atoms with Crippen molar-refractivity contribution in [2.45, 2.75) is 12.1 Å². The van der Waals surface area contributed by atoms with Gasteiger partial charge in [0.15, 0.2) is 10.8 Å². The number of benzene rings is 2. The van der Waals surface area contributed by atoms with Gasteiger partial charge in [-0.1, -0.05) is 36.0 Å². The summed E-state index contributed by atoms with van der Waals surface area (Å²) >= 11 is 1.15. The summed E-state index contributed by atoms with van der Waals surface area (Å²) in [5.41, 5.74) is 2.24. The van der Waals surface area contributed by atoms with Gasteiger partial charge in [-0.25, -0.2) is 8.78 Å². The summed E-state index contributed by atoms with van der Waals surface area (Å²) in [5, 5.41) is 12.2. The molecule has 136 valence electrons. The smallest absolute Gasteiger partial charge is 0.235 e. The van der Waals surface area contributed by atoms with E-state index in [2.05, 4.69) is 15.5 Å². The van der Waals surface area contributed by atoms with E-state index in [4.69, 9.17) is 0 Å². The van der Waals surface area contributed by atoms with Crippen LogP contribution in [0.25, 0.3) is 16.6 Å². The maximum atomic E-state index is 13.7. The first kappa shape index (κ1) is 17.4. The summed E-state index contributed by atoms with van der Waals surface area (Å²) in [6.45, 7) is 2.00. The number of hydrogen-bond acceptors (Lipinski definition) is 4. The van der Waals surface area contributed by atoms with Gasteiger partial charge in [-0.15, -0.1) is 10.2 Å². The number of thioether (sulfide) groups is 1. The van der Waals surface area contributed by atoms with E-state index in [9.17, 15) is 13.6 Å². The fourth-order valence-corrected chi connectivity index (χ4v) is 3.64. The molecular weight excluding hydrogens is 370 g/mol. The van der Waals surface area contributed by atoms with Crippen LogP contribution in [-0.2, 0) is 4.79 Å². The molecule has 2 aromatic heterocycles. The van der Waals surface area contributed by atoms with Gasteiger partial charge < -0.3 is 5.32 Å². The molecule has 0 spiro atoms. The van der Waals surface area contributed by atoms with Gasteiger partial charge in [-0.3, -0.25) is 9.20 Å². The van der Waals surface area contributed by atoms with E-state index in [1.54, 1.807) is 0 Å². The molecule has 0 aliphatic heterocycles. The zero-order chi connectivity index (χ0) is 19.0. The Hall–Kier alpha value is -3.00. The topological polar surface area (TPSA) is 59.3 Å². The average molecular weight is 384 g/mol. The predicted molar refractivity (Wildman–Crippen MR) is 101 cm³/mol. The van der Waals surface area contributed by atoms with Crippen molar-refractivity contribution in [3.63, 3.8) is 0 Å². The van der Waals surface area contributed by atoms with Crippen LogP contribution in [0.1, 0.15) is 5.56 Å². The van der Waals surface area contributed by atoms with Crippen LogP contribution in [-0.4, -0.2) is 26.3 Å². The van der Waals surface area contributed by atoms with Gasteiger partial charge in [-0.2, -0.15) is 0 Å². The highest BCUT2D eigenvalue weighted by atomic mass is 32.2. The van der Waals surface area contributed by atoms with E-state index >= 15 is 0 Å². The van der Waals surface area contributed by atoms with Gasteiger partial charge in [0.05, 0.1) is 11.3 Å². The molecule has 0 unspecified atom stereocenters. The molecule has 2 heterocycles. The minimum absolute atomic E-state index is 0.0588. The van der Waals surface area contributed by atoms with Crippen LogP contribution in [0.2, 0.25) is 0 Å². The number of para-hydroxylation sites is 2. The second-order valence-electron chi connectivity index (χ2n) is 5.95. The minimum Gasteiger partial charge on any atom is -0.320 e. The number of rotatable bonds is 4. The zero-order valence-corrected chi connectivity index (χ0v) is 15.1. The predicted octanol–water partition coefficient (Wildman–Crippen LogP) is 4.20. The molecule has 1 amide bonds.